The van der Waals surface area contributed by atoms with Crippen LogP contribution in [0.25, 0.3) is 0 Å². The second-order valence-electron chi connectivity index (χ2n) is 6.59. The topological polar surface area (TPSA) is 56.8 Å². The van der Waals surface area contributed by atoms with E-state index >= 15 is 0 Å². The molecule has 5 heteroatoms. The smallest absolute Gasteiger partial charge is 0.407 e. The second-order valence-corrected chi connectivity index (χ2v) is 6.59. The summed E-state index contributed by atoms with van der Waals surface area (Å²) in [4.78, 5) is 11.7. The zero-order valence-electron chi connectivity index (χ0n) is 13.9. The van der Waals surface area contributed by atoms with Crippen LogP contribution in [0.15, 0.2) is 18.2 Å². The van der Waals surface area contributed by atoms with Gasteiger partial charge in [-0.1, -0.05) is 0 Å². The first-order chi connectivity index (χ1) is 10.3. The van der Waals surface area contributed by atoms with Crippen LogP contribution in [-0.2, 0) is 4.74 Å². The van der Waals surface area contributed by atoms with E-state index in [0.29, 0.717) is 18.4 Å². The summed E-state index contributed by atoms with van der Waals surface area (Å²) < 4.78 is 15.9. The van der Waals surface area contributed by atoms with Crippen molar-refractivity contribution in [3.8, 4) is 11.5 Å². The van der Waals surface area contributed by atoms with Crippen LogP contribution in [0.1, 0.15) is 38.7 Å². The number of hydrogen-bond donors (Lipinski definition) is 1. The predicted molar refractivity (Wildman–Crippen MR) is 84.6 cm³/mol. The zero-order chi connectivity index (χ0) is 16.3. The summed E-state index contributed by atoms with van der Waals surface area (Å²) >= 11 is 0. The molecule has 1 aliphatic rings. The highest BCUT2D eigenvalue weighted by atomic mass is 16.6. The van der Waals surface area contributed by atoms with Crippen molar-refractivity contribution in [3.63, 3.8) is 0 Å². The third kappa shape index (κ3) is 4.29. The van der Waals surface area contributed by atoms with Gasteiger partial charge in [-0.05, 0) is 57.2 Å². The van der Waals surface area contributed by atoms with E-state index in [1.165, 1.54) is 0 Å². The van der Waals surface area contributed by atoms with E-state index in [1.54, 1.807) is 14.2 Å². The molecule has 2 rings (SSSR count). The number of ether oxygens (including phenoxy) is 3. The molecule has 5 nitrogen and oxygen atoms in total. The normalized spacial score (nSPS) is 20.2. The molecule has 2 unspecified atom stereocenters. The van der Waals surface area contributed by atoms with Gasteiger partial charge in [0.05, 0.1) is 14.2 Å². The van der Waals surface area contributed by atoms with Crippen LogP contribution in [-0.4, -0.2) is 32.5 Å². The number of carbonyl (C=O) groups excluding carboxylic acids is 1. The molecule has 1 aromatic rings. The fraction of sp³-hybridized carbons (Fsp3) is 0.588. The number of alkyl carbamates (subject to hydrolysis) is 1. The van der Waals surface area contributed by atoms with Crippen molar-refractivity contribution in [3.05, 3.63) is 23.8 Å². The molecule has 1 saturated carbocycles. The lowest BCUT2D eigenvalue weighted by molar-refractivity contribution is 0.0525. The van der Waals surface area contributed by atoms with E-state index in [1.807, 2.05) is 39.0 Å². The fourth-order valence-electron chi connectivity index (χ4n) is 2.51. The number of amides is 1. The van der Waals surface area contributed by atoms with Crippen molar-refractivity contribution >= 4 is 6.09 Å². The standard InChI is InChI=1S/C17H25NO4/c1-17(2,3)22-16(19)18-10-11-8-13(11)14-9-12(20-4)6-7-15(14)21-5/h6-7,9,11,13H,8,10H2,1-5H3,(H,18,19). The summed E-state index contributed by atoms with van der Waals surface area (Å²) in [6.45, 7) is 6.18. The molecule has 0 heterocycles. The molecule has 0 bridgehead atoms. The lowest BCUT2D eigenvalue weighted by Crippen LogP contribution is -2.33. The number of methoxy groups -OCH3 is 2. The summed E-state index contributed by atoms with van der Waals surface area (Å²) in [7, 11) is 3.32. The van der Waals surface area contributed by atoms with Crippen LogP contribution >= 0.6 is 0 Å². The first-order valence-corrected chi connectivity index (χ1v) is 7.53. The molecule has 0 aromatic heterocycles. The van der Waals surface area contributed by atoms with Crippen LogP contribution in [0, 0.1) is 5.92 Å². The van der Waals surface area contributed by atoms with Crippen molar-refractivity contribution in [1.29, 1.82) is 0 Å². The number of carbonyl (C=O) groups is 1. The van der Waals surface area contributed by atoms with Gasteiger partial charge in [0.2, 0.25) is 0 Å². The summed E-state index contributed by atoms with van der Waals surface area (Å²) in [5.74, 6) is 2.49. The van der Waals surface area contributed by atoms with Crippen LogP contribution in [0.3, 0.4) is 0 Å². The molecule has 1 amide bonds. The number of benzene rings is 1. The maximum Gasteiger partial charge on any atom is 0.407 e. The molecular formula is C17H25NO4. The van der Waals surface area contributed by atoms with Gasteiger partial charge in [0.15, 0.2) is 0 Å². The van der Waals surface area contributed by atoms with Gasteiger partial charge in [-0.15, -0.1) is 0 Å². The molecule has 0 radical (unpaired) electrons. The average Bonchev–Trinajstić information content (AvgIpc) is 3.22. The van der Waals surface area contributed by atoms with Gasteiger partial charge in [-0.25, -0.2) is 4.79 Å². The SMILES string of the molecule is COc1ccc(OC)c(C2CC2CNC(=O)OC(C)(C)C)c1. The molecule has 1 aliphatic carbocycles. The molecule has 1 fully saturated rings. The van der Waals surface area contributed by atoms with Gasteiger partial charge in [-0.3, -0.25) is 0 Å². The number of hydrogen-bond acceptors (Lipinski definition) is 4. The van der Waals surface area contributed by atoms with Gasteiger partial charge in [0.25, 0.3) is 0 Å². The predicted octanol–water partition coefficient (Wildman–Crippen LogP) is 3.33. The van der Waals surface area contributed by atoms with Crippen molar-refractivity contribution in [1.82, 2.24) is 5.32 Å². The van der Waals surface area contributed by atoms with Crippen molar-refractivity contribution < 1.29 is 19.0 Å². The third-order valence-corrected chi connectivity index (χ3v) is 3.67. The van der Waals surface area contributed by atoms with E-state index in [-0.39, 0.29) is 6.09 Å². The molecule has 0 spiro atoms. The monoisotopic (exact) mass is 307 g/mol. The van der Waals surface area contributed by atoms with Crippen molar-refractivity contribution in [2.24, 2.45) is 5.92 Å². The highest BCUT2D eigenvalue weighted by Gasteiger charge is 2.40. The van der Waals surface area contributed by atoms with Crippen molar-refractivity contribution in [2.75, 3.05) is 20.8 Å². The Bertz CT molecular complexity index is 536. The van der Waals surface area contributed by atoms with Crippen LogP contribution < -0.4 is 14.8 Å². The minimum absolute atomic E-state index is 0.365. The lowest BCUT2D eigenvalue weighted by atomic mass is 10.1. The summed E-state index contributed by atoms with van der Waals surface area (Å²) in [6.07, 6.45) is 0.662. The first kappa shape index (κ1) is 16.5. The Morgan fingerprint density at radius 3 is 2.59 bits per heavy atom. The number of rotatable bonds is 5. The molecular weight excluding hydrogens is 282 g/mol. The van der Waals surface area contributed by atoms with Gasteiger partial charge in [0, 0.05) is 12.1 Å². The van der Waals surface area contributed by atoms with Gasteiger partial charge < -0.3 is 19.5 Å². The van der Waals surface area contributed by atoms with E-state index in [0.717, 1.165) is 23.5 Å². The van der Waals surface area contributed by atoms with Gasteiger partial charge >= 0.3 is 6.09 Å². The maximum absolute atomic E-state index is 11.7. The molecule has 22 heavy (non-hydrogen) atoms. The zero-order valence-corrected chi connectivity index (χ0v) is 13.9. The Hall–Kier alpha value is -1.91. The van der Waals surface area contributed by atoms with E-state index in [2.05, 4.69) is 5.32 Å². The Balaban J connectivity index is 1.91. The lowest BCUT2D eigenvalue weighted by Gasteiger charge is -2.19. The highest BCUT2D eigenvalue weighted by Crippen LogP contribution is 2.50. The van der Waals surface area contributed by atoms with Crippen molar-refractivity contribution in [2.45, 2.75) is 38.7 Å². The van der Waals surface area contributed by atoms with E-state index in [4.69, 9.17) is 14.2 Å². The third-order valence-electron chi connectivity index (χ3n) is 3.67. The quantitative estimate of drug-likeness (QED) is 0.906. The van der Waals surface area contributed by atoms with Gasteiger partial charge in [0.1, 0.15) is 17.1 Å². The minimum atomic E-state index is -0.469. The largest absolute Gasteiger partial charge is 0.497 e. The maximum atomic E-state index is 11.7. The molecule has 0 saturated heterocycles. The average molecular weight is 307 g/mol. The number of nitrogens with one attached hydrogen (secondary N) is 1. The fourth-order valence-corrected chi connectivity index (χ4v) is 2.51. The first-order valence-electron chi connectivity index (χ1n) is 7.53. The van der Waals surface area contributed by atoms with Gasteiger partial charge in [-0.2, -0.15) is 0 Å². The van der Waals surface area contributed by atoms with Crippen LogP contribution in [0.4, 0.5) is 4.79 Å². The Morgan fingerprint density at radius 1 is 1.27 bits per heavy atom. The molecule has 1 N–H and O–H groups in total. The highest BCUT2D eigenvalue weighted by molar-refractivity contribution is 5.67. The molecule has 0 aliphatic heterocycles. The Morgan fingerprint density at radius 2 is 2.00 bits per heavy atom. The summed E-state index contributed by atoms with van der Waals surface area (Å²) in [5, 5.41) is 2.83. The minimum Gasteiger partial charge on any atom is -0.497 e. The molecule has 1 aromatic carbocycles. The Labute approximate surface area is 131 Å². The Kier molecular flexibility index (Phi) is 4.84. The summed E-state index contributed by atoms with van der Waals surface area (Å²) in [5.41, 5.74) is 0.668. The second kappa shape index (κ2) is 6.46. The molecule has 122 valence electrons. The van der Waals surface area contributed by atoms with Crippen LogP contribution in [0.5, 0.6) is 11.5 Å². The van der Waals surface area contributed by atoms with Crippen LogP contribution in [0.2, 0.25) is 0 Å². The summed E-state index contributed by atoms with van der Waals surface area (Å²) in [6, 6.07) is 5.82. The van der Waals surface area contributed by atoms with E-state index < -0.39 is 5.60 Å². The van der Waals surface area contributed by atoms with E-state index in [9.17, 15) is 4.79 Å². The molecule has 2 atom stereocenters.